The number of carbonyl (C=O) groups excluding carboxylic acids is 3. The number of methoxy groups -OCH3 is 1. The van der Waals surface area contributed by atoms with Crippen molar-refractivity contribution in [1.29, 1.82) is 0 Å². The van der Waals surface area contributed by atoms with Crippen LogP contribution in [-0.4, -0.2) is 50.3 Å². The van der Waals surface area contributed by atoms with E-state index in [-0.39, 0.29) is 17.9 Å². The molecule has 3 aromatic carbocycles. The van der Waals surface area contributed by atoms with Gasteiger partial charge in [-0.15, -0.1) is 0 Å². The third-order valence-corrected chi connectivity index (χ3v) is 8.30. The predicted octanol–water partition coefficient (Wildman–Crippen LogP) is 3.90. The van der Waals surface area contributed by atoms with Crippen molar-refractivity contribution >= 4 is 39.3 Å². The van der Waals surface area contributed by atoms with Crippen molar-refractivity contribution in [2.24, 2.45) is 0 Å². The highest BCUT2D eigenvalue weighted by molar-refractivity contribution is 7.89. The lowest BCUT2D eigenvalue weighted by Crippen LogP contribution is -2.47. The van der Waals surface area contributed by atoms with Crippen molar-refractivity contribution in [1.82, 2.24) is 9.62 Å². The molecule has 11 heteroatoms. The van der Waals surface area contributed by atoms with Crippen molar-refractivity contribution in [2.75, 3.05) is 24.3 Å². The first-order chi connectivity index (χ1) is 18.8. The number of para-hydroxylation sites is 1. The molecular weight excluding hydrogens is 520 g/mol. The monoisotopic (exact) mass is 550 g/mol. The minimum atomic E-state index is -3.87. The molecule has 3 N–H and O–H groups in total. The molecule has 0 aliphatic carbocycles. The molecule has 204 valence electrons. The second kappa shape index (κ2) is 12.5. The maximum Gasteiger partial charge on any atom is 0.323 e. The summed E-state index contributed by atoms with van der Waals surface area (Å²) in [5.41, 5.74) is 1.74. The molecule has 4 rings (SSSR count). The second-order valence-corrected chi connectivity index (χ2v) is 10.9. The number of carbonyl (C=O) groups is 3. The maximum atomic E-state index is 13.3. The highest BCUT2D eigenvalue weighted by atomic mass is 32.2. The van der Waals surface area contributed by atoms with E-state index in [1.54, 1.807) is 54.6 Å². The molecule has 1 aliphatic rings. The lowest BCUT2D eigenvalue weighted by molar-refractivity contribution is -0.141. The van der Waals surface area contributed by atoms with Gasteiger partial charge >= 0.3 is 12.0 Å². The van der Waals surface area contributed by atoms with Gasteiger partial charge in [-0.2, -0.15) is 4.31 Å². The second-order valence-electron chi connectivity index (χ2n) is 9.00. The summed E-state index contributed by atoms with van der Waals surface area (Å²) in [6, 6.07) is 21.5. The van der Waals surface area contributed by atoms with Gasteiger partial charge in [0.2, 0.25) is 15.9 Å². The quantitative estimate of drug-likeness (QED) is 0.346. The van der Waals surface area contributed by atoms with Crippen molar-refractivity contribution in [3.05, 3.63) is 90.5 Å². The summed E-state index contributed by atoms with van der Waals surface area (Å²) in [7, 11) is -2.61. The SMILES string of the molecule is COC(=O)CC(NC(=O)[C@@H]1CCCN1S(=O)(=O)c1ccccc1)c1ccc(NC(=O)Nc2ccccc2)cc1. The fourth-order valence-corrected chi connectivity index (χ4v) is 6.08. The number of esters is 1. The summed E-state index contributed by atoms with van der Waals surface area (Å²) < 4.78 is 32.4. The average Bonchev–Trinajstić information content (AvgIpc) is 3.45. The summed E-state index contributed by atoms with van der Waals surface area (Å²) >= 11 is 0. The molecule has 1 unspecified atom stereocenters. The molecule has 0 radical (unpaired) electrons. The van der Waals surface area contributed by atoms with Crippen LogP contribution < -0.4 is 16.0 Å². The van der Waals surface area contributed by atoms with E-state index in [4.69, 9.17) is 4.74 Å². The van der Waals surface area contributed by atoms with Crippen LogP contribution in [0.1, 0.15) is 30.9 Å². The molecule has 1 aliphatic heterocycles. The zero-order chi connectivity index (χ0) is 27.8. The number of hydrogen-bond donors (Lipinski definition) is 3. The number of nitrogens with zero attached hydrogens (tertiary/aromatic N) is 1. The zero-order valence-corrected chi connectivity index (χ0v) is 22.2. The van der Waals surface area contributed by atoms with E-state index in [2.05, 4.69) is 16.0 Å². The fourth-order valence-electron chi connectivity index (χ4n) is 4.40. The Morgan fingerprint density at radius 1 is 0.897 bits per heavy atom. The van der Waals surface area contributed by atoms with Gasteiger partial charge in [-0.05, 0) is 54.8 Å². The van der Waals surface area contributed by atoms with Gasteiger partial charge in [0.05, 0.1) is 24.5 Å². The van der Waals surface area contributed by atoms with Crippen LogP contribution in [-0.2, 0) is 24.3 Å². The van der Waals surface area contributed by atoms with E-state index in [1.165, 1.54) is 23.5 Å². The van der Waals surface area contributed by atoms with E-state index in [0.29, 0.717) is 29.8 Å². The Hall–Kier alpha value is -4.22. The zero-order valence-electron chi connectivity index (χ0n) is 21.4. The maximum absolute atomic E-state index is 13.3. The first-order valence-corrected chi connectivity index (χ1v) is 13.9. The first-order valence-electron chi connectivity index (χ1n) is 12.4. The van der Waals surface area contributed by atoms with Gasteiger partial charge < -0.3 is 20.7 Å². The molecule has 0 bridgehead atoms. The third kappa shape index (κ3) is 7.01. The van der Waals surface area contributed by atoms with Crippen molar-refractivity contribution in [2.45, 2.75) is 36.2 Å². The Morgan fingerprint density at radius 3 is 2.10 bits per heavy atom. The molecule has 0 aromatic heterocycles. The van der Waals surface area contributed by atoms with Crippen LogP contribution in [0.4, 0.5) is 16.2 Å². The molecule has 3 aromatic rings. The topological polar surface area (TPSA) is 134 Å². The van der Waals surface area contributed by atoms with Crippen LogP contribution in [0.25, 0.3) is 0 Å². The van der Waals surface area contributed by atoms with E-state index >= 15 is 0 Å². The van der Waals surface area contributed by atoms with Crippen molar-refractivity contribution in [3.8, 4) is 0 Å². The number of ether oxygens (including phenoxy) is 1. The summed E-state index contributed by atoms with van der Waals surface area (Å²) in [5, 5.41) is 8.30. The molecule has 1 heterocycles. The number of sulfonamides is 1. The van der Waals surface area contributed by atoms with E-state index < -0.39 is 40.0 Å². The molecule has 2 atom stereocenters. The Labute approximate surface area is 227 Å². The summed E-state index contributed by atoms with van der Waals surface area (Å²) in [4.78, 5) is 37.9. The minimum Gasteiger partial charge on any atom is -0.469 e. The minimum absolute atomic E-state index is 0.121. The summed E-state index contributed by atoms with van der Waals surface area (Å²) in [6.45, 7) is 0.225. The number of hydrogen-bond acceptors (Lipinski definition) is 6. The summed E-state index contributed by atoms with van der Waals surface area (Å²) in [6.07, 6.45) is 0.751. The van der Waals surface area contributed by atoms with Crippen LogP contribution in [0.3, 0.4) is 0 Å². The standard InChI is InChI=1S/C28H30N4O6S/c1-38-26(33)19-24(20-14-16-22(17-15-20)30-28(35)29-21-9-4-2-5-10-21)31-27(34)25-13-8-18-32(25)39(36,37)23-11-6-3-7-12-23/h2-7,9-12,14-17,24-25H,8,13,18-19H2,1H3,(H,31,34)(H2,29,30,35)/t24?,25-/m0/s1. The van der Waals surface area contributed by atoms with Crippen LogP contribution in [0.15, 0.2) is 89.8 Å². The van der Waals surface area contributed by atoms with Gasteiger partial charge in [0.1, 0.15) is 6.04 Å². The van der Waals surface area contributed by atoms with Crippen molar-refractivity contribution < 1.29 is 27.5 Å². The molecule has 1 saturated heterocycles. The lowest BCUT2D eigenvalue weighted by atomic mass is 10.0. The molecular formula is C28H30N4O6S. The Morgan fingerprint density at radius 2 is 1.49 bits per heavy atom. The van der Waals surface area contributed by atoms with Gasteiger partial charge in [-0.3, -0.25) is 9.59 Å². The van der Waals surface area contributed by atoms with Gasteiger partial charge in [-0.1, -0.05) is 48.5 Å². The molecule has 39 heavy (non-hydrogen) atoms. The number of rotatable bonds is 9. The molecule has 10 nitrogen and oxygen atoms in total. The number of benzene rings is 3. The lowest BCUT2D eigenvalue weighted by Gasteiger charge is -2.26. The largest absolute Gasteiger partial charge is 0.469 e. The third-order valence-electron chi connectivity index (χ3n) is 6.37. The van der Waals surface area contributed by atoms with Crippen LogP contribution >= 0.6 is 0 Å². The number of anilines is 2. The Kier molecular flexibility index (Phi) is 8.95. The normalized spacial score (nSPS) is 16.2. The van der Waals surface area contributed by atoms with Gasteiger partial charge in [0.15, 0.2) is 0 Å². The summed E-state index contributed by atoms with van der Waals surface area (Å²) in [5.74, 6) is -1.03. The van der Waals surface area contributed by atoms with E-state index in [9.17, 15) is 22.8 Å². The molecule has 0 saturated carbocycles. The van der Waals surface area contributed by atoms with Gasteiger partial charge in [0.25, 0.3) is 0 Å². The highest BCUT2D eigenvalue weighted by Crippen LogP contribution is 2.28. The number of nitrogens with one attached hydrogen (secondary N) is 3. The number of urea groups is 1. The molecule has 1 fully saturated rings. The molecule has 3 amide bonds. The van der Waals surface area contributed by atoms with E-state index in [1.807, 2.05) is 18.2 Å². The van der Waals surface area contributed by atoms with Gasteiger partial charge in [0, 0.05) is 17.9 Å². The van der Waals surface area contributed by atoms with E-state index in [0.717, 1.165) is 0 Å². The molecule has 0 spiro atoms. The van der Waals surface area contributed by atoms with Crippen molar-refractivity contribution in [3.63, 3.8) is 0 Å². The van der Waals surface area contributed by atoms with Crippen LogP contribution in [0, 0.1) is 0 Å². The van der Waals surface area contributed by atoms with Crippen LogP contribution in [0.2, 0.25) is 0 Å². The first kappa shape index (κ1) is 27.8. The van der Waals surface area contributed by atoms with Gasteiger partial charge in [-0.25, -0.2) is 13.2 Å². The fraction of sp³-hybridized carbons (Fsp3) is 0.250. The predicted molar refractivity (Wildman–Crippen MR) is 146 cm³/mol. The average molecular weight is 551 g/mol. The Balaban J connectivity index is 1.47. The van der Waals surface area contributed by atoms with Crippen LogP contribution in [0.5, 0.6) is 0 Å². The number of amides is 3. The Bertz CT molecular complexity index is 1400. The highest BCUT2D eigenvalue weighted by Gasteiger charge is 2.40. The smallest absolute Gasteiger partial charge is 0.323 e.